The average molecular weight is 665 g/mol. The van der Waals surface area contributed by atoms with Gasteiger partial charge in [0.1, 0.15) is 0 Å². The van der Waals surface area contributed by atoms with Crippen LogP contribution in [0.4, 0.5) is 0 Å². The molecule has 5 aliphatic rings. The fourth-order valence-corrected chi connectivity index (χ4v) is 25.6. The van der Waals surface area contributed by atoms with Gasteiger partial charge in [0.25, 0.3) is 0 Å². The number of rotatable bonds is 6. The van der Waals surface area contributed by atoms with Crippen LogP contribution in [0.2, 0.25) is 37.3 Å². The molecule has 5 rings (SSSR count). The first-order valence-electron chi connectivity index (χ1n) is 15.6. The van der Waals surface area contributed by atoms with Crippen molar-refractivity contribution in [2.75, 3.05) is 0 Å². The zero-order valence-corrected chi connectivity index (χ0v) is 31.9. The molecule has 0 aliphatic heterocycles. The van der Waals surface area contributed by atoms with Gasteiger partial charge in [0.15, 0.2) is 0 Å². The Morgan fingerprint density at radius 3 is 1.86 bits per heavy atom. The average Bonchev–Trinajstić information content (AvgIpc) is 3.54. The van der Waals surface area contributed by atoms with Crippen molar-refractivity contribution in [1.29, 1.82) is 0 Å². The van der Waals surface area contributed by atoms with Crippen LogP contribution in [0.3, 0.4) is 0 Å². The van der Waals surface area contributed by atoms with Gasteiger partial charge in [-0.1, -0.05) is 104 Å². The zero-order chi connectivity index (χ0) is 25.4. The molecule has 37 heavy (non-hydrogen) atoms. The van der Waals surface area contributed by atoms with Crippen LogP contribution < -0.4 is 0 Å². The van der Waals surface area contributed by atoms with Crippen molar-refractivity contribution in [1.82, 2.24) is 0 Å². The minimum absolute atomic E-state index is 0. The normalized spacial score (nSPS) is 39.5. The molecule has 0 spiro atoms. The van der Waals surface area contributed by atoms with Crippen LogP contribution in [-0.2, 0) is 20.8 Å². The second kappa shape index (κ2) is 14.9. The van der Waals surface area contributed by atoms with Crippen molar-refractivity contribution < 1.29 is 20.8 Å². The van der Waals surface area contributed by atoms with Gasteiger partial charge in [-0.2, -0.15) is 0 Å². The zero-order valence-electron chi connectivity index (χ0n) is 25.9. The Kier molecular flexibility index (Phi) is 14.1. The molecule has 5 aliphatic carbocycles. The summed E-state index contributed by atoms with van der Waals surface area (Å²) in [5.74, 6) is 8.87. The SMILES string of the molecule is CCCC(C)C1CC([Si](C)(C)[Si](C)(C)C2CCC3CC4CCCC4CC32)C2CCCCC12.[CH3-].[CH3-].[Cl][Zr+2][Cl]. The molecule has 10 atom stereocenters. The van der Waals surface area contributed by atoms with Gasteiger partial charge in [-0.3, -0.25) is 0 Å². The van der Waals surface area contributed by atoms with Crippen molar-refractivity contribution in [3.63, 3.8) is 0 Å². The number of hydrogen-bond donors (Lipinski definition) is 0. The Morgan fingerprint density at radius 1 is 0.676 bits per heavy atom. The molecule has 0 N–H and O–H groups in total. The molecule has 10 unspecified atom stereocenters. The van der Waals surface area contributed by atoms with Crippen LogP contribution >= 0.6 is 17.0 Å². The summed E-state index contributed by atoms with van der Waals surface area (Å²) in [6, 6.07) is 0. The molecule has 0 bridgehead atoms. The first-order valence-corrected chi connectivity index (χ1v) is 29.1. The van der Waals surface area contributed by atoms with Gasteiger partial charge >= 0.3 is 37.9 Å². The van der Waals surface area contributed by atoms with Crippen LogP contribution in [-0.4, -0.2) is 15.2 Å². The Morgan fingerprint density at radius 2 is 1.24 bits per heavy atom. The molecule has 0 aromatic heterocycles. The van der Waals surface area contributed by atoms with E-state index in [0.29, 0.717) is 0 Å². The molecule has 5 heteroatoms. The molecule has 0 heterocycles. The number of hydrogen-bond acceptors (Lipinski definition) is 0. The predicted molar refractivity (Wildman–Crippen MR) is 171 cm³/mol. The molecule has 0 nitrogen and oxygen atoms in total. The van der Waals surface area contributed by atoms with E-state index >= 15 is 0 Å². The molecule has 0 radical (unpaired) electrons. The first-order chi connectivity index (χ1) is 16.7. The van der Waals surface area contributed by atoms with Crippen molar-refractivity contribution in [2.45, 2.75) is 141 Å². The molecule has 216 valence electrons. The van der Waals surface area contributed by atoms with E-state index in [-0.39, 0.29) is 14.9 Å². The summed E-state index contributed by atoms with van der Waals surface area (Å²) in [7, 11) is 7.38. The van der Waals surface area contributed by atoms with E-state index < -0.39 is 36.0 Å². The quantitative estimate of drug-likeness (QED) is 0.196. The first kappa shape index (κ1) is 35.1. The molecule has 5 saturated carbocycles. The summed E-state index contributed by atoms with van der Waals surface area (Å²) >= 11 is -0.826. The Hall–Kier alpha value is 1.90. The second-order valence-electron chi connectivity index (χ2n) is 14.9. The molecular formula is C32H62Cl2Si2Zr. The third-order valence-corrected chi connectivity index (χ3v) is 34.0. The molecule has 0 saturated heterocycles. The second-order valence-corrected chi connectivity index (χ2v) is 34.8. The van der Waals surface area contributed by atoms with E-state index in [2.05, 4.69) is 40.0 Å². The van der Waals surface area contributed by atoms with Crippen LogP contribution in [0.25, 0.3) is 0 Å². The Balaban J connectivity index is 0.000000919. The van der Waals surface area contributed by atoms with E-state index in [1.54, 1.807) is 77.0 Å². The Bertz CT molecular complexity index is 686. The molecule has 0 aromatic carbocycles. The van der Waals surface area contributed by atoms with Crippen molar-refractivity contribution in [2.24, 2.45) is 47.3 Å². The van der Waals surface area contributed by atoms with Gasteiger partial charge in [-0.05, 0) is 84.1 Å². The van der Waals surface area contributed by atoms with Crippen LogP contribution in [0, 0.1) is 62.2 Å². The third kappa shape index (κ3) is 6.94. The van der Waals surface area contributed by atoms with Gasteiger partial charge in [-0.15, -0.1) is 0 Å². The standard InChI is InChI=1S/C30H56Si2.2CH3.2ClH.Zr/c1-7-11-21(2)27-20-30(26-15-9-8-14-25(26)27)32(5,6)31(3,4)29-17-16-24-18-22-12-10-13-23(22)19-28(24)29;;;;;/h21-30H,7-20H2,1-6H3;2*1H3;2*1H;/q;2*-1;;;+4/p-2. The van der Waals surface area contributed by atoms with Crippen molar-refractivity contribution >= 4 is 32.2 Å². The van der Waals surface area contributed by atoms with Gasteiger partial charge in [0, 0.05) is 15.2 Å². The van der Waals surface area contributed by atoms with Crippen LogP contribution in [0.1, 0.15) is 104 Å². The summed E-state index contributed by atoms with van der Waals surface area (Å²) in [5, 5.41) is 0. The van der Waals surface area contributed by atoms with E-state index in [9.17, 15) is 0 Å². The van der Waals surface area contributed by atoms with Gasteiger partial charge in [0.2, 0.25) is 0 Å². The summed E-state index contributed by atoms with van der Waals surface area (Å²) < 4.78 is 0. The van der Waals surface area contributed by atoms with E-state index in [0.717, 1.165) is 47.3 Å². The number of fused-ring (bicyclic) bond motifs is 3. The topological polar surface area (TPSA) is 0 Å². The number of halogens is 2. The molecule has 0 aromatic rings. The summed E-state index contributed by atoms with van der Waals surface area (Å²) in [4.78, 5) is 0. The summed E-state index contributed by atoms with van der Waals surface area (Å²) in [6.07, 6.45) is 22.1. The summed E-state index contributed by atoms with van der Waals surface area (Å²) in [6.45, 7) is 16.9. The molecular weight excluding hydrogens is 603 g/mol. The fourth-order valence-electron chi connectivity index (χ4n) is 11.1. The van der Waals surface area contributed by atoms with Crippen molar-refractivity contribution in [3.05, 3.63) is 14.9 Å². The molecule has 5 fully saturated rings. The summed E-state index contributed by atoms with van der Waals surface area (Å²) in [5.41, 5.74) is 2.35. The van der Waals surface area contributed by atoms with E-state index in [1.165, 1.54) is 23.9 Å². The Labute approximate surface area is 254 Å². The van der Waals surface area contributed by atoms with Gasteiger partial charge in [0.05, 0.1) is 0 Å². The van der Waals surface area contributed by atoms with Crippen LogP contribution in [0.15, 0.2) is 0 Å². The fraction of sp³-hybridized carbons (Fsp3) is 0.938. The van der Waals surface area contributed by atoms with E-state index in [1.807, 2.05) is 0 Å². The maximum atomic E-state index is 4.93. The van der Waals surface area contributed by atoms with Crippen LogP contribution in [0.5, 0.6) is 0 Å². The minimum atomic E-state index is -1.25. The van der Waals surface area contributed by atoms with E-state index in [4.69, 9.17) is 17.0 Å². The van der Waals surface area contributed by atoms with Gasteiger partial charge in [-0.25, -0.2) is 0 Å². The van der Waals surface area contributed by atoms with Gasteiger partial charge < -0.3 is 14.9 Å². The monoisotopic (exact) mass is 662 g/mol. The molecule has 0 amide bonds. The maximum absolute atomic E-state index is 4.93. The third-order valence-electron chi connectivity index (χ3n) is 13.4. The predicted octanol–water partition coefficient (Wildman–Crippen LogP) is 12.0. The van der Waals surface area contributed by atoms with Crippen molar-refractivity contribution in [3.8, 4) is 0 Å².